The summed E-state index contributed by atoms with van der Waals surface area (Å²) < 4.78 is 0. The third-order valence-corrected chi connectivity index (χ3v) is 4.82. The maximum atomic E-state index is 11.3. The first-order valence-electron chi connectivity index (χ1n) is 7.01. The second-order valence-corrected chi connectivity index (χ2v) is 5.85. The van der Waals surface area contributed by atoms with Crippen molar-refractivity contribution in [1.82, 2.24) is 4.90 Å². The van der Waals surface area contributed by atoms with Crippen LogP contribution in [0.25, 0.3) is 0 Å². The molecule has 0 amide bonds. The summed E-state index contributed by atoms with van der Waals surface area (Å²) in [5.74, 6) is -0.773. The number of aromatic hydroxyl groups is 2. The number of aliphatic carboxylic acids is 1. The highest BCUT2D eigenvalue weighted by Crippen LogP contribution is 2.47. The number of fused-ring (bicyclic) bond motifs is 2. The molecular weight excluding hydrogens is 258 g/mol. The molecule has 2 fully saturated rings. The molecule has 2 bridgehead atoms. The number of phenolic OH excluding ortho intramolecular Hbond substituents is 2. The Balaban J connectivity index is 1.90. The molecule has 3 rings (SSSR count). The van der Waals surface area contributed by atoms with Crippen LogP contribution in [0.2, 0.25) is 0 Å². The van der Waals surface area contributed by atoms with Crippen molar-refractivity contribution in [2.45, 2.75) is 44.3 Å². The first kappa shape index (κ1) is 13.2. The number of hydrogen-bond acceptors (Lipinski definition) is 4. The quantitative estimate of drug-likeness (QED) is 0.737. The summed E-state index contributed by atoms with van der Waals surface area (Å²) in [6, 6.07) is 4.70. The van der Waals surface area contributed by atoms with Crippen molar-refractivity contribution in [3.05, 3.63) is 23.8 Å². The zero-order chi connectivity index (χ0) is 14.4. The van der Waals surface area contributed by atoms with Crippen LogP contribution in [0.4, 0.5) is 0 Å². The topological polar surface area (TPSA) is 81.0 Å². The summed E-state index contributed by atoms with van der Waals surface area (Å²) in [6.07, 6.45) is 2.59. The summed E-state index contributed by atoms with van der Waals surface area (Å²) in [7, 11) is 0. The number of carboxylic acid groups (broad SMARTS) is 1. The minimum atomic E-state index is -0.727. The second kappa shape index (κ2) is 4.66. The van der Waals surface area contributed by atoms with Gasteiger partial charge < -0.3 is 15.3 Å². The Bertz CT molecular complexity index is 545. The fourth-order valence-electron chi connectivity index (χ4n) is 3.94. The first-order chi connectivity index (χ1) is 9.49. The van der Waals surface area contributed by atoms with Crippen molar-refractivity contribution < 1.29 is 20.1 Å². The van der Waals surface area contributed by atoms with Gasteiger partial charge in [-0.15, -0.1) is 0 Å². The molecule has 2 saturated heterocycles. The molecule has 108 valence electrons. The number of phenols is 2. The molecule has 5 nitrogen and oxygen atoms in total. The van der Waals surface area contributed by atoms with Crippen LogP contribution >= 0.6 is 0 Å². The monoisotopic (exact) mass is 277 g/mol. The molecular formula is C15H19NO4. The van der Waals surface area contributed by atoms with Gasteiger partial charge in [0.25, 0.3) is 0 Å². The number of benzene rings is 1. The molecule has 0 saturated carbocycles. The van der Waals surface area contributed by atoms with E-state index in [0.29, 0.717) is 12.0 Å². The van der Waals surface area contributed by atoms with Gasteiger partial charge in [-0.3, -0.25) is 9.69 Å². The molecule has 4 unspecified atom stereocenters. The molecule has 2 aliphatic rings. The fourth-order valence-corrected chi connectivity index (χ4v) is 3.94. The van der Waals surface area contributed by atoms with Crippen molar-refractivity contribution in [2.75, 3.05) is 0 Å². The van der Waals surface area contributed by atoms with Gasteiger partial charge in [0.2, 0.25) is 0 Å². The average Bonchev–Trinajstić information content (AvgIpc) is 2.98. The number of carbonyl (C=O) groups is 1. The molecule has 5 heteroatoms. The highest BCUT2D eigenvalue weighted by atomic mass is 16.4. The van der Waals surface area contributed by atoms with Gasteiger partial charge in [0.1, 0.15) is 11.5 Å². The van der Waals surface area contributed by atoms with Crippen LogP contribution in [0.5, 0.6) is 11.5 Å². The standard InChI is InChI=1S/C15H19NO4/c1-8(11-7-10(17)3-5-14(11)18)16-9-2-4-13(16)12(6-9)15(19)20/h3,5,7-9,12-13,17-18H,2,4,6H2,1H3,(H,19,20). The largest absolute Gasteiger partial charge is 0.508 e. The van der Waals surface area contributed by atoms with Crippen molar-refractivity contribution in [3.8, 4) is 11.5 Å². The van der Waals surface area contributed by atoms with E-state index < -0.39 is 5.97 Å². The van der Waals surface area contributed by atoms with Crippen LogP contribution in [-0.2, 0) is 4.79 Å². The van der Waals surface area contributed by atoms with Gasteiger partial charge in [0.05, 0.1) is 5.92 Å². The van der Waals surface area contributed by atoms with E-state index in [-0.39, 0.29) is 35.5 Å². The van der Waals surface area contributed by atoms with E-state index in [0.717, 1.165) is 12.8 Å². The summed E-state index contributed by atoms with van der Waals surface area (Å²) in [6.45, 7) is 1.96. The van der Waals surface area contributed by atoms with Crippen LogP contribution in [0, 0.1) is 5.92 Å². The van der Waals surface area contributed by atoms with E-state index in [2.05, 4.69) is 4.90 Å². The van der Waals surface area contributed by atoms with E-state index in [4.69, 9.17) is 0 Å². The van der Waals surface area contributed by atoms with Crippen LogP contribution in [0.3, 0.4) is 0 Å². The predicted octanol–water partition coefficient (Wildman–Crippen LogP) is 2.10. The lowest BCUT2D eigenvalue weighted by molar-refractivity contribution is -0.142. The SMILES string of the molecule is CC(c1cc(O)ccc1O)N1C2CCC1C(C(=O)O)C2. The van der Waals surface area contributed by atoms with Crippen LogP contribution in [0.15, 0.2) is 18.2 Å². The van der Waals surface area contributed by atoms with E-state index in [9.17, 15) is 20.1 Å². The van der Waals surface area contributed by atoms with Crippen LogP contribution < -0.4 is 0 Å². The molecule has 0 aliphatic carbocycles. The van der Waals surface area contributed by atoms with Gasteiger partial charge in [-0.25, -0.2) is 0 Å². The molecule has 0 radical (unpaired) electrons. The van der Waals surface area contributed by atoms with Crippen LogP contribution in [0.1, 0.15) is 37.8 Å². The maximum Gasteiger partial charge on any atom is 0.308 e. The first-order valence-corrected chi connectivity index (χ1v) is 7.01. The lowest BCUT2D eigenvalue weighted by atomic mass is 9.89. The Labute approximate surface area is 117 Å². The molecule has 0 aromatic heterocycles. The van der Waals surface area contributed by atoms with E-state index in [1.165, 1.54) is 12.1 Å². The van der Waals surface area contributed by atoms with Gasteiger partial charge in [0.15, 0.2) is 0 Å². The normalized spacial score (nSPS) is 30.6. The molecule has 4 atom stereocenters. The average molecular weight is 277 g/mol. The van der Waals surface area contributed by atoms with Crippen LogP contribution in [-0.4, -0.2) is 38.3 Å². The van der Waals surface area contributed by atoms with Crippen molar-refractivity contribution in [2.24, 2.45) is 5.92 Å². The Morgan fingerprint density at radius 2 is 2.10 bits per heavy atom. The van der Waals surface area contributed by atoms with Gasteiger partial charge in [-0.05, 0) is 44.4 Å². The lowest BCUT2D eigenvalue weighted by Gasteiger charge is -2.30. The summed E-state index contributed by atoms with van der Waals surface area (Å²) in [4.78, 5) is 13.5. The molecule has 1 aromatic carbocycles. The van der Waals surface area contributed by atoms with Crippen molar-refractivity contribution in [1.29, 1.82) is 0 Å². The molecule has 20 heavy (non-hydrogen) atoms. The van der Waals surface area contributed by atoms with E-state index in [1.807, 2.05) is 6.92 Å². The maximum absolute atomic E-state index is 11.3. The zero-order valence-electron chi connectivity index (χ0n) is 11.4. The van der Waals surface area contributed by atoms with Gasteiger partial charge in [0, 0.05) is 23.7 Å². The molecule has 2 heterocycles. The Hall–Kier alpha value is -1.75. The van der Waals surface area contributed by atoms with Crippen molar-refractivity contribution in [3.63, 3.8) is 0 Å². The summed E-state index contributed by atoms with van der Waals surface area (Å²) in [5, 5.41) is 28.9. The molecule has 3 N–H and O–H groups in total. The zero-order valence-corrected chi connectivity index (χ0v) is 11.4. The third-order valence-electron chi connectivity index (χ3n) is 4.82. The third kappa shape index (κ3) is 1.93. The van der Waals surface area contributed by atoms with E-state index >= 15 is 0 Å². The smallest absolute Gasteiger partial charge is 0.308 e. The number of carboxylic acids is 1. The number of hydrogen-bond donors (Lipinski definition) is 3. The number of rotatable bonds is 3. The van der Waals surface area contributed by atoms with E-state index in [1.54, 1.807) is 6.07 Å². The van der Waals surface area contributed by atoms with Gasteiger partial charge in [-0.1, -0.05) is 0 Å². The number of nitrogens with zero attached hydrogens (tertiary/aromatic N) is 1. The predicted molar refractivity (Wildman–Crippen MR) is 72.6 cm³/mol. The minimum absolute atomic E-state index is 0.0363. The molecule has 2 aliphatic heterocycles. The molecule has 0 spiro atoms. The second-order valence-electron chi connectivity index (χ2n) is 5.85. The van der Waals surface area contributed by atoms with Gasteiger partial charge >= 0.3 is 5.97 Å². The van der Waals surface area contributed by atoms with Crippen molar-refractivity contribution >= 4 is 5.97 Å². The highest BCUT2D eigenvalue weighted by Gasteiger charge is 2.51. The fraction of sp³-hybridized carbons (Fsp3) is 0.533. The molecule has 1 aromatic rings. The Kier molecular flexibility index (Phi) is 3.09. The van der Waals surface area contributed by atoms with Gasteiger partial charge in [-0.2, -0.15) is 0 Å². The summed E-state index contributed by atoms with van der Waals surface area (Å²) in [5.41, 5.74) is 0.660. The summed E-state index contributed by atoms with van der Waals surface area (Å²) >= 11 is 0. The lowest BCUT2D eigenvalue weighted by Crippen LogP contribution is -2.35. The Morgan fingerprint density at radius 1 is 1.35 bits per heavy atom. The highest BCUT2D eigenvalue weighted by molar-refractivity contribution is 5.71. The Morgan fingerprint density at radius 3 is 2.75 bits per heavy atom. The minimum Gasteiger partial charge on any atom is -0.508 e.